The minimum absolute atomic E-state index is 0.00249. The average molecular weight is 777 g/mol. The first kappa shape index (κ1) is 37.9. The Labute approximate surface area is 314 Å². The van der Waals surface area contributed by atoms with E-state index < -0.39 is 36.8 Å². The number of carbonyl (C=O) groups is 1. The van der Waals surface area contributed by atoms with E-state index in [-0.39, 0.29) is 28.7 Å². The molecule has 0 unspecified atom stereocenters. The zero-order chi connectivity index (χ0) is 37.1. The SMILES string of the molecule is C[C@@H]1[C@@H](C)CCC[C@@](O)(CN2CCN(S(C)(=O)=O)CC2)[C@@H]2CC[C@H]2CN2C[C@@]3(CCCc4cc(Cl)ccc43)COc3ccc(cc32)C(=O)NS1(=O)=O. The quantitative estimate of drug-likeness (QED) is 0.465. The van der Waals surface area contributed by atoms with Gasteiger partial charge in [0, 0.05) is 61.8 Å². The lowest BCUT2D eigenvalue weighted by Gasteiger charge is -2.52. The van der Waals surface area contributed by atoms with Gasteiger partial charge in [-0.3, -0.25) is 9.69 Å². The molecule has 2 aliphatic carbocycles. The molecule has 0 aromatic heterocycles. The Morgan fingerprint density at radius 2 is 1.79 bits per heavy atom. The van der Waals surface area contributed by atoms with Crippen molar-refractivity contribution in [2.45, 2.75) is 81.5 Å². The number of aryl methyl sites for hydroxylation is 1. The van der Waals surface area contributed by atoms with Crippen molar-refractivity contribution in [3.63, 3.8) is 0 Å². The number of β-amino-alcohol motifs (C(OH)–C–C–N with tert-alkyl or cyclic N) is 1. The average Bonchev–Trinajstić information content (AvgIpc) is 3.22. The molecule has 1 spiro atoms. The van der Waals surface area contributed by atoms with Gasteiger partial charge in [-0.05, 0) is 111 Å². The molecule has 3 aliphatic heterocycles. The van der Waals surface area contributed by atoms with Crippen LogP contribution in [0.2, 0.25) is 5.02 Å². The van der Waals surface area contributed by atoms with Crippen LogP contribution < -0.4 is 14.4 Å². The number of piperazine rings is 1. The third-order valence-electron chi connectivity index (χ3n) is 13.0. The van der Waals surface area contributed by atoms with E-state index in [1.54, 1.807) is 25.1 Å². The van der Waals surface area contributed by atoms with Gasteiger partial charge in [0.2, 0.25) is 20.0 Å². The van der Waals surface area contributed by atoms with Crippen LogP contribution in [0, 0.1) is 17.8 Å². The van der Waals surface area contributed by atoms with Gasteiger partial charge in [-0.25, -0.2) is 21.6 Å². The van der Waals surface area contributed by atoms with Gasteiger partial charge < -0.3 is 14.7 Å². The maximum absolute atomic E-state index is 13.6. The second-order valence-electron chi connectivity index (χ2n) is 16.3. The third-order valence-corrected chi connectivity index (χ3v) is 16.4. The smallest absolute Gasteiger partial charge is 0.264 e. The van der Waals surface area contributed by atoms with Crippen molar-refractivity contribution >= 4 is 43.2 Å². The molecule has 2 N–H and O–H groups in total. The van der Waals surface area contributed by atoms with Gasteiger partial charge in [-0.1, -0.05) is 31.0 Å². The highest BCUT2D eigenvalue weighted by Crippen LogP contribution is 2.49. The molecule has 3 heterocycles. The van der Waals surface area contributed by atoms with Crippen molar-refractivity contribution < 1.29 is 31.5 Å². The van der Waals surface area contributed by atoms with E-state index in [2.05, 4.69) is 26.7 Å². The number of aliphatic hydroxyl groups is 1. The molecule has 1 saturated heterocycles. The molecule has 52 heavy (non-hydrogen) atoms. The van der Waals surface area contributed by atoms with Crippen LogP contribution in [0.5, 0.6) is 5.75 Å². The number of ether oxygens (including phenoxy) is 1. The van der Waals surface area contributed by atoms with Crippen molar-refractivity contribution in [2.75, 3.05) is 63.6 Å². The van der Waals surface area contributed by atoms with E-state index in [9.17, 15) is 26.7 Å². The molecule has 2 fully saturated rings. The van der Waals surface area contributed by atoms with Gasteiger partial charge in [0.15, 0.2) is 0 Å². The second kappa shape index (κ2) is 14.3. The van der Waals surface area contributed by atoms with Gasteiger partial charge in [0.05, 0.1) is 29.4 Å². The maximum atomic E-state index is 13.6. The summed E-state index contributed by atoms with van der Waals surface area (Å²) in [5, 5.41) is 12.6. The first-order valence-electron chi connectivity index (χ1n) is 18.8. The van der Waals surface area contributed by atoms with Gasteiger partial charge in [-0.2, -0.15) is 4.31 Å². The molecular formula is C38H53ClN4O7S2. The zero-order valence-corrected chi connectivity index (χ0v) is 32.9. The first-order valence-corrected chi connectivity index (χ1v) is 22.6. The highest BCUT2D eigenvalue weighted by molar-refractivity contribution is 7.90. The Balaban J connectivity index is 1.26. The van der Waals surface area contributed by atoms with Crippen molar-refractivity contribution in [1.82, 2.24) is 13.9 Å². The number of halogens is 1. The summed E-state index contributed by atoms with van der Waals surface area (Å²) in [7, 11) is -7.28. The van der Waals surface area contributed by atoms with Crippen molar-refractivity contribution in [1.29, 1.82) is 0 Å². The molecule has 7 rings (SSSR count). The Morgan fingerprint density at radius 3 is 2.50 bits per heavy atom. The van der Waals surface area contributed by atoms with E-state index in [0.717, 1.165) is 37.8 Å². The lowest BCUT2D eigenvalue weighted by molar-refractivity contribution is -0.108. The lowest BCUT2D eigenvalue weighted by atomic mass is 9.62. The number of nitrogens with zero attached hydrogens (tertiary/aromatic N) is 3. The molecule has 1 amide bonds. The number of carbonyl (C=O) groups excluding carboxylic acids is 1. The highest BCUT2D eigenvalue weighted by Gasteiger charge is 2.49. The Kier molecular flexibility index (Phi) is 10.4. The summed E-state index contributed by atoms with van der Waals surface area (Å²) >= 11 is 6.46. The Morgan fingerprint density at radius 1 is 1.02 bits per heavy atom. The molecule has 14 heteroatoms. The minimum Gasteiger partial charge on any atom is -0.490 e. The summed E-state index contributed by atoms with van der Waals surface area (Å²) in [6, 6.07) is 11.3. The fourth-order valence-corrected chi connectivity index (χ4v) is 11.9. The van der Waals surface area contributed by atoms with Gasteiger partial charge in [0.25, 0.3) is 5.91 Å². The number of hydrogen-bond acceptors (Lipinski definition) is 9. The van der Waals surface area contributed by atoms with E-state index in [0.29, 0.717) is 82.5 Å². The van der Waals surface area contributed by atoms with E-state index in [1.165, 1.54) is 21.7 Å². The van der Waals surface area contributed by atoms with Crippen LogP contribution in [-0.2, 0) is 31.9 Å². The predicted molar refractivity (Wildman–Crippen MR) is 203 cm³/mol. The predicted octanol–water partition coefficient (Wildman–Crippen LogP) is 4.42. The number of anilines is 1. The number of fused-ring (bicyclic) bond motifs is 4. The maximum Gasteiger partial charge on any atom is 0.264 e. The summed E-state index contributed by atoms with van der Waals surface area (Å²) in [5.41, 5.74) is 2.09. The third kappa shape index (κ3) is 7.47. The van der Waals surface area contributed by atoms with Crippen LogP contribution in [0.4, 0.5) is 5.69 Å². The highest BCUT2D eigenvalue weighted by atomic mass is 35.5. The number of sulfonamides is 2. The van der Waals surface area contributed by atoms with Gasteiger partial charge in [0.1, 0.15) is 5.75 Å². The number of benzene rings is 2. The summed E-state index contributed by atoms with van der Waals surface area (Å²) in [6.45, 7) is 7.58. The van der Waals surface area contributed by atoms with Crippen molar-refractivity contribution in [3.05, 3.63) is 58.1 Å². The van der Waals surface area contributed by atoms with Crippen LogP contribution >= 0.6 is 11.6 Å². The summed E-state index contributed by atoms with van der Waals surface area (Å²) in [6.07, 6.45) is 7.62. The lowest BCUT2D eigenvalue weighted by Crippen LogP contribution is -2.59. The van der Waals surface area contributed by atoms with Crippen LogP contribution in [0.1, 0.15) is 80.3 Å². The van der Waals surface area contributed by atoms with E-state index >= 15 is 0 Å². The van der Waals surface area contributed by atoms with Gasteiger partial charge in [-0.15, -0.1) is 0 Å². The van der Waals surface area contributed by atoms with Gasteiger partial charge >= 0.3 is 0 Å². The summed E-state index contributed by atoms with van der Waals surface area (Å²) in [4.78, 5) is 18.1. The Hall–Kier alpha value is -2.42. The molecule has 286 valence electrons. The molecule has 2 bridgehead atoms. The summed E-state index contributed by atoms with van der Waals surface area (Å²) in [5.74, 6) is -0.0935. The molecule has 1 saturated carbocycles. The first-order chi connectivity index (χ1) is 24.6. The zero-order valence-electron chi connectivity index (χ0n) is 30.5. The van der Waals surface area contributed by atoms with E-state index in [4.69, 9.17) is 16.3 Å². The van der Waals surface area contributed by atoms with Crippen LogP contribution in [-0.4, -0.2) is 107 Å². The largest absolute Gasteiger partial charge is 0.490 e. The fraction of sp³-hybridized carbons (Fsp3) is 0.658. The molecule has 6 atom stereocenters. The fourth-order valence-electron chi connectivity index (χ4n) is 9.57. The number of amides is 1. The molecule has 5 aliphatic rings. The standard InChI is InChI=1S/C38H53ClN4O7S2/c1-26-6-4-15-38(45,24-41-16-18-43(19-17-41)51(3,46)47)33-11-8-30(33)22-42-23-37(14-5-7-28-20-31(39)10-12-32(28)37)25-50-35-13-9-29(21-34(35)42)36(44)40-52(48,49)27(26)2/h9-10,12-13,20-21,26-27,30,33,45H,4-8,11,14-19,22-25H2,1-3H3,(H,40,44)/t26-,27+,30-,33+,37-,38+/m0/s1. The van der Waals surface area contributed by atoms with Crippen molar-refractivity contribution in [3.8, 4) is 5.75 Å². The number of hydrogen-bond donors (Lipinski definition) is 2. The molecule has 2 aromatic rings. The van der Waals surface area contributed by atoms with Crippen LogP contribution in [0.25, 0.3) is 0 Å². The minimum atomic E-state index is -3.99. The monoisotopic (exact) mass is 776 g/mol. The van der Waals surface area contributed by atoms with Crippen LogP contribution in [0.3, 0.4) is 0 Å². The van der Waals surface area contributed by atoms with Crippen LogP contribution in [0.15, 0.2) is 36.4 Å². The summed E-state index contributed by atoms with van der Waals surface area (Å²) < 4.78 is 62.0. The molecule has 0 radical (unpaired) electrons. The normalized spacial score (nSPS) is 33.2. The van der Waals surface area contributed by atoms with E-state index in [1.807, 2.05) is 13.0 Å². The number of nitrogens with one attached hydrogen (secondary N) is 1. The second-order valence-corrected chi connectivity index (χ2v) is 20.8. The number of rotatable bonds is 3. The molecule has 2 aromatic carbocycles. The molecular weight excluding hydrogens is 724 g/mol. The topological polar surface area (TPSA) is 137 Å². The Bertz CT molecular complexity index is 1900. The molecule has 11 nitrogen and oxygen atoms in total. The van der Waals surface area contributed by atoms with Crippen molar-refractivity contribution in [2.24, 2.45) is 17.8 Å².